The molecule has 1 fully saturated rings. The third-order valence-corrected chi connectivity index (χ3v) is 4.58. The first-order chi connectivity index (χ1) is 14.0. The number of ether oxygens (including phenoxy) is 1. The molecule has 0 unspecified atom stereocenters. The fourth-order valence-corrected chi connectivity index (χ4v) is 2.88. The number of hydrogen-bond donors (Lipinski definition) is 1. The van der Waals surface area contributed by atoms with Crippen molar-refractivity contribution in [1.29, 1.82) is 0 Å². The molecule has 1 aliphatic rings. The lowest BCUT2D eigenvalue weighted by atomic mass is 10.2. The molecule has 0 saturated carbocycles. The number of amides is 2. The highest BCUT2D eigenvalue weighted by molar-refractivity contribution is 6.30. The fraction of sp³-hybridized carbons (Fsp3) is 0.316. The van der Waals surface area contributed by atoms with Crippen LogP contribution in [0.15, 0.2) is 42.7 Å². The second kappa shape index (κ2) is 9.83. The molecule has 2 heterocycles. The molecule has 1 aromatic heterocycles. The second-order valence-electron chi connectivity index (χ2n) is 6.27. The summed E-state index contributed by atoms with van der Waals surface area (Å²) in [6.45, 7) is 1.48. The van der Waals surface area contributed by atoms with Gasteiger partial charge in [0.1, 0.15) is 6.54 Å². The maximum atomic E-state index is 12.2. The van der Waals surface area contributed by atoms with Gasteiger partial charge in [-0.05, 0) is 30.3 Å². The van der Waals surface area contributed by atoms with Crippen molar-refractivity contribution in [3.05, 3.63) is 53.3 Å². The predicted molar refractivity (Wildman–Crippen MR) is 106 cm³/mol. The number of halogens is 1. The van der Waals surface area contributed by atoms with Crippen LogP contribution in [0.1, 0.15) is 10.4 Å². The molecule has 1 saturated heterocycles. The van der Waals surface area contributed by atoms with Crippen LogP contribution in [0.5, 0.6) is 0 Å². The summed E-state index contributed by atoms with van der Waals surface area (Å²) in [6.07, 6.45) is 3.34. The summed E-state index contributed by atoms with van der Waals surface area (Å²) >= 11 is 5.77. The Morgan fingerprint density at radius 2 is 1.69 bits per heavy atom. The van der Waals surface area contributed by atoms with E-state index in [-0.39, 0.29) is 19.1 Å². The maximum Gasteiger partial charge on any atom is 0.325 e. The van der Waals surface area contributed by atoms with Crippen molar-refractivity contribution in [2.75, 3.05) is 44.2 Å². The zero-order valence-electron chi connectivity index (χ0n) is 15.6. The van der Waals surface area contributed by atoms with E-state index in [9.17, 15) is 14.4 Å². The summed E-state index contributed by atoms with van der Waals surface area (Å²) in [6, 6.07) is 8.00. The Morgan fingerprint density at radius 3 is 2.34 bits per heavy atom. The molecular weight excluding hydrogens is 398 g/mol. The van der Waals surface area contributed by atoms with E-state index in [1.54, 1.807) is 47.6 Å². The van der Waals surface area contributed by atoms with Crippen LogP contribution in [-0.4, -0.2) is 72.0 Å². The minimum absolute atomic E-state index is 0.281. The van der Waals surface area contributed by atoms with Gasteiger partial charge in [-0.15, -0.1) is 0 Å². The van der Waals surface area contributed by atoms with Crippen LogP contribution < -0.4 is 10.2 Å². The number of nitrogens with one attached hydrogen (secondary N) is 1. The summed E-state index contributed by atoms with van der Waals surface area (Å²) in [4.78, 5) is 48.0. The first kappa shape index (κ1) is 20.5. The predicted octanol–water partition coefficient (Wildman–Crippen LogP) is 0.752. The number of benzene rings is 1. The maximum absolute atomic E-state index is 12.2. The highest BCUT2D eigenvalue weighted by Crippen LogP contribution is 2.10. The highest BCUT2D eigenvalue weighted by Gasteiger charge is 2.23. The molecule has 1 N–H and O–H groups in total. The number of hydrogen-bond acceptors (Lipinski definition) is 7. The average Bonchev–Trinajstić information content (AvgIpc) is 2.77. The second-order valence-corrected chi connectivity index (χ2v) is 6.70. The molecule has 0 aliphatic carbocycles. The SMILES string of the molecule is O=C(CNC(=O)c1ccc(Cl)cc1)OCC(=O)N1CCN(c2ncccn2)CC1. The topological polar surface area (TPSA) is 105 Å². The molecule has 0 atom stereocenters. The third kappa shape index (κ3) is 5.89. The Bertz CT molecular complexity index is 855. The minimum Gasteiger partial charge on any atom is -0.454 e. The van der Waals surface area contributed by atoms with Gasteiger partial charge in [0, 0.05) is 49.2 Å². The van der Waals surface area contributed by atoms with E-state index in [2.05, 4.69) is 15.3 Å². The highest BCUT2D eigenvalue weighted by atomic mass is 35.5. The smallest absolute Gasteiger partial charge is 0.325 e. The largest absolute Gasteiger partial charge is 0.454 e. The molecule has 2 aromatic rings. The average molecular weight is 418 g/mol. The number of carbonyl (C=O) groups excluding carboxylic acids is 3. The number of esters is 1. The number of carbonyl (C=O) groups is 3. The zero-order valence-corrected chi connectivity index (χ0v) is 16.3. The quantitative estimate of drug-likeness (QED) is 0.691. The van der Waals surface area contributed by atoms with E-state index in [1.165, 1.54) is 0 Å². The van der Waals surface area contributed by atoms with Gasteiger partial charge in [-0.3, -0.25) is 14.4 Å². The van der Waals surface area contributed by atoms with Crippen molar-refractivity contribution < 1.29 is 19.1 Å². The van der Waals surface area contributed by atoms with Crippen molar-refractivity contribution in [2.45, 2.75) is 0 Å². The molecule has 1 aromatic carbocycles. The molecule has 29 heavy (non-hydrogen) atoms. The number of aromatic nitrogens is 2. The van der Waals surface area contributed by atoms with Crippen LogP contribution in [0.2, 0.25) is 5.02 Å². The summed E-state index contributed by atoms with van der Waals surface area (Å²) in [7, 11) is 0. The molecule has 152 valence electrons. The summed E-state index contributed by atoms with van der Waals surface area (Å²) < 4.78 is 4.97. The van der Waals surface area contributed by atoms with Gasteiger partial charge >= 0.3 is 5.97 Å². The monoisotopic (exact) mass is 417 g/mol. The van der Waals surface area contributed by atoms with E-state index in [4.69, 9.17) is 16.3 Å². The number of rotatable bonds is 6. The lowest BCUT2D eigenvalue weighted by Crippen LogP contribution is -2.50. The lowest BCUT2D eigenvalue weighted by molar-refractivity contribution is -0.151. The van der Waals surface area contributed by atoms with E-state index in [0.29, 0.717) is 42.7 Å². The van der Waals surface area contributed by atoms with Crippen LogP contribution in [0.4, 0.5) is 5.95 Å². The van der Waals surface area contributed by atoms with E-state index in [1.807, 2.05) is 4.90 Å². The standard InChI is InChI=1S/C19H20ClN5O4/c20-15-4-2-14(3-5-15)18(28)23-12-17(27)29-13-16(26)24-8-10-25(11-9-24)19-21-6-1-7-22-19/h1-7H,8-13H2,(H,23,28). The molecule has 1 aliphatic heterocycles. The van der Waals surface area contributed by atoms with Gasteiger partial charge in [-0.25, -0.2) is 9.97 Å². The first-order valence-electron chi connectivity index (χ1n) is 9.02. The molecule has 0 radical (unpaired) electrons. The molecule has 3 rings (SSSR count). The Kier molecular flexibility index (Phi) is 6.96. The van der Waals surface area contributed by atoms with E-state index >= 15 is 0 Å². The van der Waals surface area contributed by atoms with Crippen molar-refractivity contribution in [2.24, 2.45) is 0 Å². The van der Waals surface area contributed by atoms with E-state index in [0.717, 1.165) is 0 Å². The van der Waals surface area contributed by atoms with Crippen molar-refractivity contribution in [3.8, 4) is 0 Å². The zero-order chi connectivity index (χ0) is 20.6. The normalized spacial score (nSPS) is 13.7. The van der Waals surface area contributed by atoms with Gasteiger partial charge in [-0.2, -0.15) is 0 Å². The molecule has 9 nitrogen and oxygen atoms in total. The summed E-state index contributed by atoms with van der Waals surface area (Å²) in [5, 5.41) is 2.95. The van der Waals surface area contributed by atoms with E-state index < -0.39 is 11.9 Å². The van der Waals surface area contributed by atoms with Crippen LogP contribution in [-0.2, 0) is 14.3 Å². The first-order valence-corrected chi connectivity index (χ1v) is 9.40. The van der Waals surface area contributed by atoms with Crippen molar-refractivity contribution in [3.63, 3.8) is 0 Å². The summed E-state index contributed by atoms with van der Waals surface area (Å²) in [5.41, 5.74) is 0.374. The van der Waals surface area contributed by atoms with Crippen molar-refractivity contribution >= 4 is 35.3 Å². The van der Waals surface area contributed by atoms with Crippen LogP contribution in [0.3, 0.4) is 0 Å². The molecule has 2 amide bonds. The van der Waals surface area contributed by atoms with Gasteiger partial charge in [0.2, 0.25) is 5.95 Å². The molecule has 0 bridgehead atoms. The fourth-order valence-electron chi connectivity index (χ4n) is 2.75. The summed E-state index contributed by atoms with van der Waals surface area (Å²) in [5.74, 6) is -0.764. The van der Waals surface area contributed by atoms with Gasteiger partial charge in [0.15, 0.2) is 6.61 Å². The van der Waals surface area contributed by atoms with Gasteiger partial charge < -0.3 is 19.9 Å². The van der Waals surface area contributed by atoms with Crippen LogP contribution >= 0.6 is 11.6 Å². The molecular formula is C19H20ClN5O4. The Morgan fingerprint density at radius 1 is 1.03 bits per heavy atom. The van der Waals surface area contributed by atoms with Gasteiger partial charge in [0.25, 0.3) is 11.8 Å². The molecule has 10 heteroatoms. The van der Waals surface area contributed by atoms with Gasteiger partial charge in [0.05, 0.1) is 0 Å². The Hall–Kier alpha value is -3.20. The van der Waals surface area contributed by atoms with Crippen LogP contribution in [0, 0.1) is 0 Å². The Labute approximate surface area is 172 Å². The van der Waals surface area contributed by atoms with Crippen molar-refractivity contribution in [1.82, 2.24) is 20.2 Å². The van der Waals surface area contributed by atoms with Crippen LogP contribution in [0.25, 0.3) is 0 Å². The Balaban J connectivity index is 1.36. The number of anilines is 1. The molecule has 0 spiro atoms. The van der Waals surface area contributed by atoms with Gasteiger partial charge in [-0.1, -0.05) is 11.6 Å². The lowest BCUT2D eigenvalue weighted by Gasteiger charge is -2.34. The number of piperazine rings is 1. The number of nitrogens with zero attached hydrogens (tertiary/aromatic N) is 4. The minimum atomic E-state index is -0.683. The third-order valence-electron chi connectivity index (χ3n) is 4.32.